The molecule has 66 valence electrons. The second-order valence-corrected chi connectivity index (χ2v) is 4.26. The minimum atomic E-state index is 0.871. The van der Waals surface area contributed by atoms with E-state index >= 15 is 0 Å². The number of hydrogen-bond donors (Lipinski definition) is 0. The fourth-order valence-electron chi connectivity index (χ4n) is 0.956. The van der Waals surface area contributed by atoms with Crippen LogP contribution in [-0.4, -0.2) is 5.75 Å². The normalized spacial score (nSPS) is 10.2. The molecule has 1 rings (SSSR count). The fourth-order valence-corrected chi connectivity index (χ4v) is 2.11. The molecule has 2 heteroatoms. The van der Waals surface area contributed by atoms with E-state index in [4.69, 9.17) is 11.6 Å². The Hall–Kier alpha value is -0.140. The second kappa shape index (κ2) is 4.78. The van der Waals surface area contributed by atoms with Crippen molar-refractivity contribution >= 4 is 23.4 Å². The first-order valence-corrected chi connectivity index (χ1v) is 5.50. The Labute approximate surface area is 83.3 Å². The SMILES string of the molecule is CCCSc1cccc(Cl)c1C. The van der Waals surface area contributed by atoms with E-state index in [1.54, 1.807) is 0 Å². The Morgan fingerprint density at radius 3 is 2.83 bits per heavy atom. The molecule has 0 nitrogen and oxygen atoms in total. The average Bonchev–Trinajstić information content (AvgIpc) is 2.08. The third-order valence-electron chi connectivity index (χ3n) is 1.68. The minimum Gasteiger partial charge on any atom is -0.126 e. The van der Waals surface area contributed by atoms with Crippen LogP contribution in [-0.2, 0) is 0 Å². The fraction of sp³-hybridized carbons (Fsp3) is 0.400. The maximum Gasteiger partial charge on any atom is 0.0446 e. The summed E-state index contributed by atoms with van der Waals surface area (Å²) in [6.45, 7) is 4.26. The Kier molecular flexibility index (Phi) is 3.96. The minimum absolute atomic E-state index is 0.871. The van der Waals surface area contributed by atoms with Crippen molar-refractivity contribution in [1.82, 2.24) is 0 Å². The molecule has 0 saturated heterocycles. The van der Waals surface area contributed by atoms with Gasteiger partial charge < -0.3 is 0 Å². The lowest BCUT2D eigenvalue weighted by Crippen LogP contribution is -1.82. The van der Waals surface area contributed by atoms with E-state index in [9.17, 15) is 0 Å². The van der Waals surface area contributed by atoms with E-state index in [0.717, 1.165) is 5.02 Å². The van der Waals surface area contributed by atoms with Gasteiger partial charge in [0.25, 0.3) is 0 Å². The topological polar surface area (TPSA) is 0 Å². The first kappa shape index (κ1) is 9.94. The molecule has 0 unspecified atom stereocenters. The summed E-state index contributed by atoms with van der Waals surface area (Å²) in [4.78, 5) is 1.31. The van der Waals surface area contributed by atoms with Crippen LogP contribution in [0.4, 0.5) is 0 Å². The Balaban J connectivity index is 2.78. The first-order valence-electron chi connectivity index (χ1n) is 4.13. The van der Waals surface area contributed by atoms with Gasteiger partial charge in [-0.15, -0.1) is 11.8 Å². The van der Waals surface area contributed by atoms with E-state index < -0.39 is 0 Å². The monoisotopic (exact) mass is 200 g/mol. The molecule has 0 bridgehead atoms. The molecule has 0 atom stereocenters. The third kappa shape index (κ3) is 2.43. The Morgan fingerprint density at radius 2 is 2.17 bits per heavy atom. The highest BCUT2D eigenvalue weighted by atomic mass is 35.5. The van der Waals surface area contributed by atoms with Gasteiger partial charge in [-0.25, -0.2) is 0 Å². The molecular weight excluding hydrogens is 188 g/mol. The highest BCUT2D eigenvalue weighted by molar-refractivity contribution is 7.99. The zero-order chi connectivity index (χ0) is 8.97. The van der Waals surface area contributed by atoms with Crippen LogP contribution < -0.4 is 0 Å². The molecule has 0 spiro atoms. The van der Waals surface area contributed by atoms with Gasteiger partial charge in [0.15, 0.2) is 0 Å². The van der Waals surface area contributed by atoms with Gasteiger partial charge in [0.1, 0.15) is 0 Å². The van der Waals surface area contributed by atoms with E-state index in [2.05, 4.69) is 19.9 Å². The summed E-state index contributed by atoms with van der Waals surface area (Å²) < 4.78 is 0. The lowest BCUT2D eigenvalue weighted by atomic mass is 10.2. The van der Waals surface area contributed by atoms with Crippen molar-refractivity contribution in [3.63, 3.8) is 0 Å². The third-order valence-corrected chi connectivity index (χ3v) is 3.45. The molecule has 0 saturated carbocycles. The average molecular weight is 201 g/mol. The molecule has 0 aromatic heterocycles. The molecule has 0 heterocycles. The molecule has 0 amide bonds. The summed E-state index contributed by atoms with van der Waals surface area (Å²) in [6.07, 6.45) is 1.20. The zero-order valence-corrected chi connectivity index (χ0v) is 9.00. The molecule has 12 heavy (non-hydrogen) atoms. The van der Waals surface area contributed by atoms with Gasteiger partial charge >= 0.3 is 0 Å². The van der Waals surface area contributed by atoms with Crippen LogP contribution in [0.2, 0.25) is 5.02 Å². The number of thioether (sulfide) groups is 1. The van der Waals surface area contributed by atoms with Crippen LogP contribution in [0.1, 0.15) is 18.9 Å². The smallest absolute Gasteiger partial charge is 0.0446 e. The highest BCUT2D eigenvalue weighted by Gasteiger charge is 2.00. The summed E-state index contributed by atoms with van der Waals surface area (Å²) >= 11 is 7.86. The predicted octanol–water partition coefficient (Wildman–Crippen LogP) is 4.15. The number of rotatable bonds is 3. The van der Waals surface area contributed by atoms with Gasteiger partial charge in [0.2, 0.25) is 0 Å². The predicted molar refractivity (Wildman–Crippen MR) is 57.2 cm³/mol. The lowest BCUT2D eigenvalue weighted by molar-refractivity contribution is 1.10. The van der Waals surface area contributed by atoms with Crippen molar-refractivity contribution in [1.29, 1.82) is 0 Å². The molecular formula is C10H13ClS. The zero-order valence-electron chi connectivity index (χ0n) is 7.43. The van der Waals surface area contributed by atoms with Gasteiger partial charge in [-0.3, -0.25) is 0 Å². The molecule has 0 aliphatic rings. The molecule has 0 radical (unpaired) electrons. The van der Waals surface area contributed by atoms with Gasteiger partial charge in [-0.05, 0) is 36.8 Å². The summed E-state index contributed by atoms with van der Waals surface area (Å²) in [5, 5.41) is 0.871. The maximum atomic E-state index is 5.98. The van der Waals surface area contributed by atoms with Crippen molar-refractivity contribution < 1.29 is 0 Å². The molecule has 1 aromatic rings. The second-order valence-electron chi connectivity index (χ2n) is 2.71. The lowest BCUT2D eigenvalue weighted by Gasteiger charge is -2.05. The first-order chi connectivity index (χ1) is 5.75. The summed E-state index contributed by atoms with van der Waals surface area (Å²) in [7, 11) is 0. The molecule has 0 aliphatic heterocycles. The largest absolute Gasteiger partial charge is 0.126 e. The number of hydrogen-bond acceptors (Lipinski definition) is 1. The van der Waals surface area contributed by atoms with Crippen molar-refractivity contribution in [2.45, 2.75) is 25.2 Å². The van der Waals surface area contributed by atoms with Gasteiger partial charge in [0.05, 0.1) is 0 Å². The van der Waals surface area contributed by atoms with Gasteiger partial charge in [-0.2, -0.15) is 0 Å². The number of benzene rings is 1. The van der Waals surface area contributed by atoms with E-state index in [1.165, 1.54) is 22.6 Å². The summed E-state index contributed by atoms with van der Waals surface area (Å²) in [6, 6.07) is 6.07. The number of halogens is 1. The van der Waals surface area contributed by atoms with Crippen molar-refractivity contribution in [2.24, 2.45) is 0 Å². The van der Waals surface area contributed by atoms with E-state index in [0.29, 0.717) is 0 Å². The summed E-state index contributed by atoms with van der Waals surface area (Å²) in [5.74, 6) is 1.17. The molecule has 0 N–H and O–H groups in total. The maximum absolute atomic E-state index is 5.98. The van der Waals surface area contributed by atoms with E-state index in [1.807, 2.05) is 23.9 Å². The Bertz CT molecular complexity index is 258. The van der Waals surface area contributed by atoms with Crippen LogP contribution in [0.15, 0.2) is 23.1 Å². The van der Waals surface area contributed by atoms with Crippen molar-refractivity contribution in [3.05, 3.63) is 28.8 Å². The Morgan fingerprint density at radius 1 is 1.42 bits per heavy atom. The van der Waals surface area contributed by atoms with Gasteiger partial charge in [0, 0.05) is 9.92 Å². The van der Waals surface area contributed by atoms with Crippen LogP contribution in [0, 0.1) is 6.92 Å². The van der Waals surface area contributed by atoms with Crippen LogP contribution >= 0.6 is 23.4 Å². The van der Waals surface area contributed by atoms with Crippen LogP contribution in [0.5, 0.6) is 0 Å². The molecule has 0 aliphatic carbocycles. The highest BCUT2D eigenvalue weighted by Crippen LogP contribution is 2.27. The van der Waals surface area contributed by atoms with Gasteiger partial charge in [-0.1, -0.05) is 24.6 Å². The quantitative estimate of drug-likeness (QED) is 0.661. The van der Waals surface area contributed by atoms with Crippen LogP contribution in [0.25, 0.3) is 0 Å². The standard InChI is InChI=1S/C10H13ClS/c1-3-7-12-10-6-4-5-9(11)8(10)2/h4-6H,3,7H2,1-2H3. The van der Waals surface area contributed by atoms with E-state index in [-0.39, 0.29) is 0 Å². The molecule has 0 fully saturated rings. The summed E-state index contributed by atoms with van der Waals surface area (Å²) in [5.41, 5.74) is 1.21. The molecule has 1 aromatic carbocycles. The van der Waals surface area contributed by atoms with Crippen molar-refractivity contribution in [3.8, 4) is 0 Å². The van der Waals surface area contributed by atoms with Crippen LogP contribution in [0.3, 0.4) is 0 Å². The van der Waals surface area contributed by atoms with Crippen molar-refractivity contribution in [2.75, 3.05) is 5.75 Å².